The maximum Gasteiger partial charge on any atom is 0.149 e. The highest BCUT2D eigenvalue weighted by molar-refractivity contribution is 7.40. The van der Waals surface area contributed by atoms with Crippen LogP contribution in [0.5, 0.6) is 11.5 Å². The fourth-order valence-electron chi connectivity index (χ4n) is 2.69. The highest BCUT2D eigenvalue weighted by Gasteiger charge is 2.36. The van der Waals surface area contributed by atoms with Gasteiger partial charge in [0, 0.05) is 52.8 Å². The van der Waals surface area contributed by atoms with E-state index in [4.69, 9.17) is 7.74 Å². The summed E-state index contributed by atoms with van der Waals surface area (Å²) in [6, 6.07) is 14.6. The van der Waals surface area contributed by atoms with Gasteiger partial charge in [0.25, 0.3) is 0 Å². The molecular weight excluding hydrogens is 311 g/mol. The van der Waals surface area contributed by atoms with E-state index in [1.165, 1.54) is 22.1 Å². The molecule has 0 saturated heterocycles. The van der Waals surface area contributed by atoms with Crippen molar-refractivity contribution in [3.05, 3.63) is 70.6 Å². The second-order valence-electron chi connectivity index (χ2n) is 5.60. The molecule has 0 bridgehead atoms. The average molecular weight is 325 g/mol. The minimum absolute atomic E-state index is 0.285. The molecule has 1 aliphatic rings. The molecule has 10 heteroatoms. The molecule has 1 heterocycles. The smallest absolute Gasteiger partial charge is 0.149 e. The maximum atomic E-state index is 9.32. The molecule has 2 nitrogen and oxygen atoms in total. The van der Waals surface area contributed by atoms with Gasteiger partial charge < -0.3 is 10.2 Å². The van der Waals surface area contributed by atoms with E-state index >= 15 is 0 Å². The normalized spacial score (nSPS) is 11.5. The quantitative estimate of drug-likeness (QED) is 0.769. The largest absolute Gasteiger partial charge is 0.508 e. The summed E-state index contributed by atoms with van der Waals surface area (Å²) >= 11 is 0. The van der Waals surface area contributed by atoms with Crippen molar-refractivity contribution in [1.82, 2.24) is 0 Å². The van der Waals surface area contributed by atoms with Gasteiger partial charge >= 0.3 is 0 Å². The Morgan fingerprint density at radius 1 is 0.692 bits per heavy atom. The molecule has 0 atom stereocenters. The van der Waals surface area contributed by atoms with Gasteiger partial charge in [0.1, 0.15) is 18.1 Å². The Kier molecular flexibility index (Phi) is 10.2. The van der Waals surface area contributed by atoms with Crippen LogP contribution in [0.4, 0.5) is 0 Å². The van der Waals surface area contributed by atoms with Gasteiger partial charge in [0.2, 0.25) is 0 Å². The summed E-state index contributed by atoms with van der Waals surface area (Å²) in [5, 5.41) is 18.6. The van der Waals surface area contributed by atoms with Crippen LogP contribution in [-0.2, 0) is 12.8 Å². The Labute approximate surface area is 164 Å². The van der Waals surface area contributed by atoms with E-state index in [-0.39, 0.29) is 18.1 Å². The lowest BCUT2D eigenvalue weighted by Crippen LogP contribution is -2.12. The van der Waals surface area contributed by atoms with Gasteiger partial charge in [0.15, 0.2) is 0 Å². The SMILES string of the molecule is [B][B].[B][B]B1C(Cc2ccc(O)cc2)=C1Cc1ccc(O)cc1.[B][B][B]. The fraction of sp³-hybridized carbons (Fsp3) is 0.125. The van der Waals surface area contributed by atoms with Crippen molar-refractivity contribution in [1.29, 1.82) is 0 Å². The van der Waals surface area contributed by atoms with Gasteiger partial charge in [-0.25, -0.2) is 0 Å². The summed E-state index contributed by atoms with van der Waals surface area (Å²) in [6.07, 6.45) is 1.73. The Morgan fingerprint density at radius 3 is 1.27 bits per heavy atom. The molecule has 12 radical (unpaired) electrons. The fourth-order valence-corrected chi connectivity index (χ4v) is 2.69. The lowest BCUT2D eigenvalue weighted by Gasteiger charge is -1.98. The van der Waals surface area contributed by atoms with Crippen molar-refractivity contribution in [2.75, 3.05) is 0 Å². The number of phenols is 2. The van der Waals surface area contributed by atoms with Crippen molar-refractivity contribution in [2.45, 2.75) is 12.8 Å². The third kappa shape index (κ3) is 6.90. The average Bonchev–Trinajstić information content (AvgIpc) is 3.32. The first-order chi connectivity index (χ1) is 12.6. The highest BCUT2D eigenvalue weighted by atomic mass is 16.3. The number of allylic oxidation sites excluding steroid dienone is 2. The van der Waals surface area contributed by atoms with Crippen molar-refractivity contribution in [2.24, 2.45) is 0 Å². The number of aromatic hydroxyl groups is 2. The molecule has 0 fully saturated rings. The van der Waals surface area contributed by atoms with Crippen LogP contribution in [0.1, 0.15) is 11.1 Å². The van der Waals surface area contributed by atoms with Gasteiger partial charge in [-0.05, 0) is 48.2 Å². The van der Waals surface area contributed by atoms with Crippen LogP contribution in [-0.4, -0.2) is 69.6 Å². The Bertz CT molecular complexity index is 631. The van der Waals surface area contributed by atoms with Crippen LogP contribution >= 0.6 is 0 Å². The molecular formula is C16H14B8O2. The first-order valence-electron chi connectivity index (χ1n) is 8.00. The van der Waals surface area contributed by atoms with E-state index in [0.717, 1.165) is 19.9 Å². The summed E-state index contributed by atoms with van der Waals surface area (Å²) < 4.78 is 0. The number of hydrogen-bond acceptors (Lipinski definition) is 2. The topological polar surface area (TPSA) is 40.5 Å². The molecule has 1 aliphatic heterocycles. The van der Waals surface area contributed by atoms with Crippen molar-refractivity contribution < 1.29 is 10.2 Å². The van der Waals surface area contributed by atoms with E-state index in [1.54, 1.807) is 31.3 Å². The van der Waals surface area contributed by atoms with Crippen LogP contribution in [0.15, 0.2) is 59.5 Å². The van der Waals surface area contributed by atoms with Crippen molar-refractivity contribution in [3.63, 3.8) is 0 Å². The number of hydrogen-bond donors (Lipinski definition) is 2. The van der Waals surface area contributed by atoms with E-state index in [2.05, 4.69) is 30.9 Å². The highest BCUT2D eigenvalue weighted by Crippen LogP contribution is 2.34. The second kappa shape index (κ2) is 11.8. The van der Waals surface area contributed by atoms with Gasteiger partial charge in [-0.15, -0.1) is 10.9 Å². The van der Waals surface area contributed by atoms with E-state index in [0.29, 0.717) is 0 Å². The number of benzene rings is 2. The molecule has 0 spiro atoms. The second-order valence-corrected chi connectivity index (χ2v) is 5.60. The van der Waals surface area contributed by atoms with Crippen LogP contribution in [0, 0.1) is 0 Å². The molecule has 26 heavy (non-hydrogen) atoms. The zero-order chi connectivity index (χ0) is 19.5. The minimum atomic E-state index is 0.285. The standard InChI is InChI=1S/C16H14B3O2.B3.B2/c17-18-19-15(9-11-1-5-13(20)6-2-11)16(19)10-12-3-7-14(21)8-4-12;1-3-2;1-2/h1-8,20-21H,9-10H2;;. The summed E-state index contributed by atoms with van der Waals surface area (Å²) in [5.74, 6) is 0.574. The third-order valence-electron chi connectivity index (χ3n) is 3.93. The predicted molar refractivity (Wildman–Crippen MR) is 117 cm³/mol. The molecule has 0 amide bonds. The maximum absolute atomic E-state index is 9.32. The molecule has 0 saturated carbocycles. The third-order valence-corrected chi connectivity index (χ3v) is 3.93. The molecule has 2 aromatic rings. The first-order valence-corrected chi connectivity index (χ1v) is 8.00. The van der Waals surface area contributed by atoms with Crippen LogP contribution < -0.4 is 0 Å². The molecule has 3 rings (SSSR count). The zero-order valence-electron chi connectivity index (χ0n) is 14.5. The van der Waals surface area contributed by atoms with Crippen LogP contribution in [0.2, 0.25) is 0 Å². The van der Waals surface area contributed by atoms with Crippen molar-refractivity contribution in [3.8, 4) is 11.5 Å². The Morgan fingerprint density at radius 2 is 1.00 bits per heavy atom. The lowest BCUT2D eigenvalue weighted by molar-refractivity contribution is 0.474. The van der Waals surface area contributed by atoms with Gasteiger partial charge in [-0.3, -0.25) is 0 Å². The predicted octanol–water partition coefficient (Wildman–Crippen LogP) is 0.147. The van der Waals surface area contributed by atoms with E-state index in [1.807, 2.05) is 24.3 Å². The summed E-state index contributed by atoms with van der Waals surface area (Å²) in [5.41, 5.74) is 5.07. The van der Waals surface area contributed by atoms with Crippen molar-refractivity contribution >= 4 is 59.4 Å². The molecule has 114 valence electrons. The molecule has 2 aromatic carbocycles. The Hall–Kier alpha value is -1.70. The van der Waals surface area contributed by atoms with Gasteiger partial charge in [-0.1, -0.05) is 24.3 Å². The van der Waals surface area contributed by atoms with Crippen LogP contribution in [0.3, 0.4) is 0 Å². The zero-order valence-corrected chi connectivity index (χ0v) is 14.5. The summed E-state index contributed by atoms with van der Waals surface area (Å²) in [4.78, 5) is 0. The summed E-state index contributed by atoms with van der Waals surface area (Å²) in [7, 11) is 25.5. The molecule has 0 unspecified atom stereocenters. The molecule has 2 N–H and O–H groups in total. The monoisotopic (exact) mass is 326 g/mol. The number of phenolic OH excluding ortho intramolecular Hbond substituents is 2. The van der Waals surface area contributed by atoms with Gasteiger partial charge in [0.05, 0.1) is 0 Å². The lowest BCUT2D eigenvalue weighted by atomic mass is 9.18. The first kappa shape index (κ1) is 22.3. The Balaban J connectivity index is 0.000000615. The summed E-state index contributed by atoms with van der Waals surface area (Å²) in [6.45, 7) is 0.285. The number of rotatable bonds is 5. The van der Waals surface area contributed by atoms with E-state index < -0.39 is 0 Å². The molecule has 0 aliphatic carbocycles. The minimum Gasteiger partial charge on any atom is -0.508 e. The van der Waals surface area contributed by atoms with Gasteiger partial charge in [-0.2, -0.15) is 0 Å². The van der Waals surface area contributed by atoms with E-state index in [9.17, 15) is 10.2 Å². The molecule has 0 aromatic heterocycles. The van der Waals surface area contributed by atoms with Crippen LogP contribution in [0.25, 0.3) is 0 Å².